The number of rotatable bonds is 5. The Kier molecular flexibility index (Phi) is 5.60. The molecule has 0 spiro atoms. The van der Waals surface area contributed by atoms with Gasteiger partial charge in [0, 0.05) is 40.3 Å². The summed E-state index contributed by atoms with van der Waals surface area (Å²) in [5, 5.41) is 3.16. The van der Waals surface area contributed by atoms with Crippen LogP contribution >= 0.6 is 0 Å². The zero-order valence-corrected chi connectivity index (χ0v) is 15.3. The number of anilines is 1. The summed E-state index contributed by atoms with van der Waals surface area (Å²) in [6.07, 6.45) is -1.20. The van der Waals surface area contributed by atoms with Crippen molar-refractivity contribution in [3.63, 3.8) is 0 Å². The summed E-state index contributed by atoms with van der Waals surface area (Å²) in [7, 11) is -1.01. The van der Waals surface area contributed by atoms with Gasteiger partial charge >= 0.3 is 6.18 Å². The summed E-state index contributed by atoms with van der Waals surface area (Å²) >= 11 is 0. The Bertz CT molecular complexity index is 939. The highest BCUT2D eigenvalue weighted by Crippen LogP contribution is 2.32. The summed E-state index contributed by atoms with van der Waals surface area (Å²) < 4.78 is 49.9. The van der Waals surface area contributed by atoms with Crippen LogP contribution in [-0.4, -0.2) is 15.4 Å². The summed E-state index contributed by atoms with van der Waals surface area (Å²) in [6, 6.07) is 16.0. The average Bonchev–Trinajstić information content (AvgIpc) is 2.66. The van der Waals surface area contributed by atoms with Gasteiger partial charge in [-0.2, -0.15) is 13.2 Å². The molecule has 0 unspecified atom stereocenters. The predicted molar refractivity (Wildman–Crippen MR) is 101 cm³/mol. The van der Waals surface area contributed by atoms with Crippen LogP contribution in [0.1, 0.15) is 11.1 Å². The molecule has 0 aliphatic carbocycles. The molecule has 1 aromatic heterocycles. The Morgan fingerprint density at radius 3 is 2.33 bits per heavy atom. The summed E-state index contributed by atoms with van der Waals surface area (Å²) in [4.78, 5) is 5.03. The molecule has 140 valence electrons. The number of alkyl halides is 3. The highest BCUT2D eigenvalue weighted by atomic mass is 32.2. The second-order valence-electron chi connectivity index (χ2n) is 5.96. The maximum Gasteiger partial charge on any atom is 0.416 e. The molecule has 0 radical (unpaired) electrons. The minimum absolute atomic E-state index is 0.465. The molecule has 1 heterocycles. The van der Waals surface area contributed by atoms with Crippen molar-refractivity contribution in [3.8, 4) is 11.1 Å². The Balaban J connectivity index is 1.68. The van der Waals surface area contributed by atoms with E-state index in [9.17, 15) is 17.4 Å². The molecule has 0 bridgehead atoms. The Labute approximate surface area is 157 Å². The highest BCUT2D eigenvalue weighted by molar-refractivity contribution is 7.84. The van der Waals surface area contributed by atoms with Crippen molar-refractivity contribution in [3.05, 3.63) is 78.0 Å². The number of hydrogen-bond donors (Lipinski definition) is 1. The van der Waals surface area contributed by atoms with E-state index in [1.54, 1.807) is 30.7 Å². The van der Waals surface area contributed by atoms with E-state index in [1.807, 2.05) is 24.3 Å². The van der Waals surface area contributed by atoms with Crippen LogP contribution in [0, 0.1) is 0 Å². The molecular weight excluding hydrogens is 373 g/mol. The van der Waals surface area contributed by atoms with Gasteiger partial charge in [-0.05, 0) is 47.5 Å². The summed E-state index contributed by atoms with van der Waals surface area (Å²) in [5.41, 5.74) is 1.40. The van der Waals surface area contributed by atoms with Gasteiger partial charge in [0.2, 0.25) is 0 Å². The normalized spacial score (nSPS) is 12.6. The van der Waals surface area contributed by atoms with Gasteiger partial charge in [0.1, 0.15) is 5.82 Å². The van der Waals surface area contributed by atoms with Gasteiger partial charge in [0.05, 0.1) is 5.56 Å². The fourth-order valence-electron chi connectivity index (χ4n) is 2.54. The minimum Gasteiger partial charge on any atom is -0.366 e. The Hall–Kier alpha value is -2.67. The largest absolute Gasteiger partial charge is 0.416 e. The van der Waals surface area contributed by atoms with Crippen LogP contribution in [0.5, 0.6) is 0 Å². The van der Waals surface area contributed by atoms with E-state index in [4.69, 9.17) is 0 Å². The third kappa shape index (κ3) is 4.95. The molecule has 3 nitrogen and oxygen atoms in total. The van der Waals surface area contributed by atoms with E-state index in [1.165, 1.54) is 6.07 Å². The minimum atomic E-state index is -4.37. The van der Waals surface area contributed by atoms with Crippen molar-refractivity contribution < 1.29 is 17.4 Å². The molecule has 0 aliphatic rings. The summed E-state index contributed by atoms with van der Waals surface area (Å²) in [5.74, 6) is 0.619. The second kappa shape index (κ2) is 7.92. The van der Waals surface area contributed by atoms with Crippen LogP contribution in [0.4, 0.5) is 19.0 Å². The van der Waals surface area contributed by atoms with Crippen molar-refractivity contribution >= 4 is 16.6 Å². The van der Waals surface area contributed by atoms with Gasteiger partial charge in [-0.3, -0.25) is 4.21 Å². The Morgan fingerprint density at radius 1 is 1.00 bits per heavy atom. The lowest BCUT2D eigenvalue weighted by atomic mass is 10.0. The fourth-order valence-corrected chi connectivity index (χ4v) is 3.06. The maximum absolute atomic E-state index is 12.8. The van der Waals surface area contributed by atoms with Crippen LogP contribution in [0.25, 0.3) is 11.1 Å². The Morgan fingerprint density at radius 2 is 1.74 bits per heavy atom. The average molecular weight is 390 g/mol. The third-order valence-electron chi connectivity index (χ3n) is 4.02. The topological polar surface area (TPSA) is 42.0 Å². The number of benzene rings is 2. The van der Waals surface area contributed by atoms with Crippen LogP contribution in [0.2, 0.25) is 0 Å². The van der Waals surface area contributed by atoms with Crippen molar-refractivity contribution in [2.45, 2.75) is 17.6 Å². The maximum atomic E-state index is 12.8. The zero-order valence-electron chi connectivity index (χ0n) is 14.5. The van der Waals surface area contributed by atoms with Gasteiger partial charge in [0.15, 0.2) is 0 Å². The standard InChI is InChI=1S/C20H17F3N2OS/c1-27(26)18-8-5-14(6-9-18)12-24-19-10-7-16(13-25-19)15-3-2-4-17(11-15)20(21,22)23/h2-11,13H,12H2,1H3,(H,24,25)/t27-/m0/s1. The number of nitrogens with zero attached hydrogens (tertiary/aromatic N) is 1. The number of pyridine rings is 1. The molecule has 0 saturated carbocycles. The first-order valence-corrected chi connectivity index (χ1v) is 9.69. The second-order valence-corrected chi connectivity index (χ2v) is 7.34. The lowest BCUT2D eigenvalue weighted by Gasteiger charge is -2.10. The molecule has 0 saturated heterocycles. The molecule has 7 heteroatoms. The third-order valence-corrected chi connectivity index (χ3v) is 4.95. The first-order chi connectivity index (χ1) is 12.8. The van der Waals surface area contributed by atoms with Crippen molar-refractivity contribution in [2.24, 2.45) is 0 Å². The van der Waals surface area contributed by atoms with Crippen molar-refractivity contribution in [2.75, 3.05) is 11.6 Å². The SMILES string of the molecule is C[S@](=O)c1ccc(CNc2ccc(-c3cccc(C(F)(F)F)c3)cn2)cc1. The van der Waals surface area contributed by atoms with Gasteiger partial charge in [-0.25, -0.2) is 4.98 Å². The monoisotopic (exact) mass is 390 g/mol. The molecular formula is C20H17F3N2OS. The molecule has 27 heavy (non-hydrogen) atoms. The van der Waals surface area contributed by atoms with Crippen LogP contribution in [0.15, 0.2) is 71.8 Å². The molecule has 2 aromatic carbocycles. The van der Waals surface area contributed by atoms with E-state index in [2.05, 4.69) is 10.3 Å². The highest BCUT2D eigenvalue weighted by Gasteiger charge is 2.30. The van der Waals surface area contributed by atoms with E-state index < -0.39 is 22.5 Å². The van der Waals surface area contributed by atoms with Gasteiger partial charge in [-0.1, -0.05) is 24.3 Å². The van der Waals surface area contributed by atoms with Crippen molar-refractivity contribution in [1.29, 1.82) is 0 Å². The zero-order chi connectivity index (χ0) is 19.4. The van der Waals surface area contributed by atoms with E-state index in [0.717, 1.165) is 22.6 Å². The molecule has 0 amide bonds. The number of halogens is 3. The van der Waals surface area contributed by atoms with Crippen LogP contribution in [0.3, 0.4) is 0 Å². The lowest BCUT2D eigenvalue weighted by molar-refractivity contribution is -0.137. The molecule has 3 rings (SSSR count). The number of hydrogen-bond acceptors (Lipinski definition) is 3. The van der Waals surface area contributed by atoms with Gasteiger partial charge in [0.25, 0.3) is 0 Å². The van der Waals surface area contributed by atoms with E-state index in [0.29, 0.717) is 23.5 Å². The quantitative estimate of drug-likeness (QED) is 0.658. The molecule has 3 aromatic rings. The van der Waals surface area contributed by atoms with Gasteiger partial charge in [-0.15, -0.1) is 0 Å². The van der Waals surface area contributed by atoms with E-state index in [-0.39, 0.29) is 0 Å². The molecule has 0 fully saturated rings. The molecule has 1 N–H and O–H groups in total. The molecule has 0 aliphatic heterocycles. The molecule has 1 atom stereocenters. The van der Waals surface area contributed by atoms with Crippen LogP contribution in [-0.2, 0) is 23.5 Å². The van der Waals surface area contributed by atoms with Crippen LogP contribution < -0.4 is 5.32 Å². The number of nitrogens with one attached hydrogen (secondary N) is 1. The van der Waals surface area contributed by atoms with E-state index >= 15 is 0 Å². The first-order valence-electron chi connectivity index (χ1n) is 8.13. The summed E-state index contributed by atoms with van der Waals surface area (Å²) in [6.45, 7) is 0.534. The van der Waals surface area contributed by atoms with Gasteiger partial charge < -0.3 is 5.32 Å². The number of aromatic nitrogens is 1. The lowest BCUT2D eigenvalue weighted by Crippen LogP contribution is -2.04. The smallest absolute Gasteiger partial charge is 0.366 e. The van der Waals surface area contributed by atoms with Crippen molar-refractivity contribution in [1.82, 2.24) is 4.98 Å². The first kappa shape index (κ1) is 19.1. The fraction of sp³-hybridized carbons (Fsp3) is 0.150. The predicted octanol–water partition coefficient (Wildman–Crippen LogP) is 5.12.